The number of hydrogen-bond acceptors (Lipinski definition) is 2. The van der Waals surface area contributed by atoms with Gasteiger partial charge in [0.05, 0.1) is 11.2 Å². The lowest BCUT2D eigenvalue weighted by molar-refractivity contribution is 0.476. The van der Waals surface area contributed by atoms with Gasteiger partial charge in [0.1, 0.15) is 11.3 Å². The van der Waals surface area contributed by atoms with Crippen molar-refractivity contribution in [3.63, 3.8) is 0 Å². The van der Waals surface area contributed by atoms with Crippen LogP contribution >= 0.6 is 0 Å². The quantitative estimate of drug-likeness (QED) is 0.155. The zero-order valence-electron chi connectivity index (χ0n) is 23.7. The van der Waals surface area contributed by atoms with Crippen molar-refractivity contribution >= 4 is 54.1 Å². The SMILES string of the molecule is c1ccc2c(c1)Oc1cccc3nc(-c4c5ccccc5c(-c5ccc6ccc7ccccc7c6c5)c5ccccc45)n-2c13. The van der Waals surface area contributed by atoms with E-state index in [0.717, 1.165) is 39.6 Å². The second-order valence-corrected chi connectivity index (χ2v) is 11.5. The minimum Gasteiger partial charge on any atom is -0.453 e. The molecule has 0 atom stereocenters. The summed E-state index contributed by atoms with van der Waals surface area (Å²) in [5.41, 5.74) is 6.51. The predicted molar refractivity (Wildman–Crippen MR) is 182 cm³/mol. The molecule has 9 aromatic rings. The number of benzene rings is 8. The van der Waals surface area contributed by atoms with Crippen LogP contribution in [0.1, 0.15) is 0 Å². The maximum absolute atomic E-state index is 6.36. The molecule has 0 radical (unpaired) electrons. The molecule has 0 amide bonds. The first-order chi connectivity index (χ1) is 21.8. The Morgan fingerprint density at radius 1 is 0.455 bits per heavy atom. The third-order valence-electron chi connectivity index (χ3n) is 9.16. The lowest BCUT2D eigenvalue weighted by Crippen LogP contribution is -2.06. The van der Waals surface area contributed by atoms with E-state index in [1.807, 2.05) is 24.3 Å². The van der Waals surface area contributed by atoms with Gasteiger partial charge in [0.15, 0.2) is 11.5 Å². The Balaban J connectivity index is 1.34. The first-order valence-electron chi connectivity index (χ1n) is 15.0. The number of fused-ring (bicyclic) bond motifs is 7. The Hall–Kier alpha value is -5.93. The third-order valence-corrected chi connectivity index (χ3v) is 9.16. The average Bonchev–Trinajstić information content (AvgIpc) is 3.47. The number of para-hydroxylation sites is 3. The van der Waals surface area contributed by atoms with E-state index in [0.29, 0.717) is 0 Å². The Morgan fingerprint density at radius 3 is 1.82 bits per heavy atom. The summed E-state index contributed by atoms with van der Waals surface area (Å²) in [4.78, 5) is 5.31. The largest absolute Gasteiger partial charge is 0.453 e. The summed E-state index contributed by atoms with van der Waals surface area (Å²) >= 11 is 0. The van der Waals surface area contributed by atoms with Gasteiger partial charge in [-0.15, -0.1) is 0 Å². The normalized spacial score (nSPS) is 12.3. The van der Waals surface area contributed by atoms with Gasteiger partial charge in [-0.3, -0.25) is 4.57 Å². The van der Waals surface area contributed by atoms with Gasteiger partial charge < -0.3 is 4.74 Å². The van der Waals surface area contributed by atoms with Crippen LogP contribution in [0.3, 0.4) is 0 Å². The van der Waals surface area contributed by atoms with Crippen LogP contribution in [0.4, 0.5) is 0 Å². The van der Waals surface area contributed by atoms with Crippen LogP contribution in [0, 0.1) is 0 Å². The number of aromatic nitrogens is 2. The van der Waals surface area contributed by atoms with Crippen molar-refractivity contribution in [2.75, 3.05) is 0 Å². The van der Waals surface area contributed by atoms with E-state index in [2.05, 4.69) is 126 Å². The van der Waals surface area contributed by atoms with Crippen molar-refractivity contribution in [3.05, 3.63) is 146 Å². The van der Waals surface area contributed by atoms with Gasteiger partial charge in [0, 0.05) is 5.56 Å². The minimum absolute atomic E-state index is 0.827. The van der Waals surface area contributed by atoms with Crippen LogP contribution in [0.2, 0.25) is 0 Å². The van der Waals surface area contributed by atoms with E-state index in [1.165, 1.54) is 54.2 Å². The molecule has 1 aliphatic heterocycles. The molecular formula is C41H24N2O. The number of imidazole rings is 1. The van der Waals surface area contributed by atoms with Crippen molar-refractivity contribution in [1.82, 2.24) is 9.55 Å². The first-order valence-corrected chi connectivity index (χ1v) is 15.0. The Labute approximate surface area is 253 Å². The van der Waals surface area contributed by atoms with Crippen molar-refractivity contribution in [3.8, 4) is 39.7 Å². The third kappa shape index (κ3) is 3.18. The van der Waals surface area contributed by atoms with E-state index in [1.54, 1.807) is 0 Å². The van der Waals surface area contributed by atoms with Crippen LogP contribution in [0.15, 0.2) is 146 Å². The molecule has 0 bridgehead atoms. The van der Waals surface area contributed by atoms with Crippen LogP contribution < -0.4 is 4.74 Å². The van der Waals surface area contributed by atoms with Crippen LogP contribution in [-0.2, 0) is 0 Å². The molecule has 1 aromatic heterocycles. The van der Waals surface area contributed by atoms with E-state index < -0.39 is 0 Å². The minimum atomic E-state index is 0.827. The van der Waals surface area contributed by atoms with E-state index in [4.69, 9.17) is 9.72 Å². The molecule has 204 valence electrons. The maximum atomic E-state index is 6.36. The maximum Gasteiger partial charge on any atom is 0.153 e. The highest BCUT2D eigenvalue weighted by atomic mass is 16.5. The molecule has 0 fully saturated rings. The van der Waals surface area contributed by atoms with Gasteiger partial charge in [-0.1, -0.05) is 115 Å². The molecule has 3 heteroatoms. The number of ether oxygens (including phenoxy) is 1. The number of nitrogens with zero attached hydrogens (tertiary/aromatic N) is 2. The number of hydrogen-bond donors (Lipinski definition) is 0. The molecule has 0 saturated carbocycles. The van der Waals surface area contributed by atoms with Crippen LogP contribution in [0.5, 0.6) is 11.5 Å². The zero-order chi connectivity index (χ0) is 28.8. The van der Waals surface area contributed by atoms with Gasteiger partial charge in [0.25, 0.3) is 0 Å². The molecule has 0 aliphatic carbocycles. The smallest absolute Gasteiger partial charge is 0.153 e. The highest BCUT2D eigenvalue weighted by Gasteiger charge is 2.27. The molecule has 0 spiro atoms. The van der Waals surface area contributed by atoms with Gasteiger partial charge in [-0.25, -0.2) is 4.98 Å². The van der Waals surface area contributed by atoms with Gasteiger partial charge in [-0.05, 0) is 84.5 Å². The molecule has 0 unspecified atom stereocenters. The summed E-state index contributed by atoms with van der Waals surface area (Å²) in [6.45, 7) is 0. The average molecular weight is 561 g/mol. The molecule has 8 aromatic carbocycles. The lowest BCUT2D eigenvalue weighted by atomic mass is 9.87. The summed E-state index contributed by atoms with van der Waals surface area (Å²) in [7, 11) is 0. The fourth-order valence-corrected chi connectivity index (χ4v) is 7.26. The highest BCUT2D eigenvalue weighted by Crippen LogP contribution is 2.48. The molecule has 0 N–H and O–H groups in total. The molecule has 2 heterocycles. The van der Waals surface area contributed by atoms with Crippen LogP contribution in [0.25, 0.3) is 82.3 Å². The standard InChI is InChI=1S/C41H24N2O/c1-2-11-28-25(10-1)20-21-26-22-23-27(24-33(26)28)38-29-12-3-5-14-31(29)39(32-15-6-4-13-30(32)38)41-42-34-16-9-19-37-40(34)43(41)35-17-7-8-18-36(35)44-37/h1-24H. The molecule has 1 aliphatic rings. The molecular weight excluding hydrogens is 536 g/mol. The molecule has 44 heavy (non-hydrogen) atoms. The summed E-state index contributed by atoms with van der Waals surface area (Å²) < 4.78 is 8.65. The highest BCUT2D eigenvalue weighted by molar-refractivity contribution is 6.22. The Bertz CT molecular complexity index is 2590. The van der Waals surface area contributed by atoms with Gasteiger partial charge >= 0.3 is 0 Å². The predicted octanol–water partition coefficient (Wildman–Crippen LogP) is 11.1. The molecule has 3 nitrogen and oxygen atoms in total. The molecule has 0 saturated heterocycles. The van der Waals surface area contributed by atoms with Gasteiger partial charge in [0.2, 0.25) is 0 Å². The monoisotopic (exact) mass is 560 g/mol. The fraction of sp³-hybridized carbons (Fsp3) is 0. The summed E-state index contributed by atoms with van der Waals surface area (Å²) in [5, 5.41) is 9.82. The summed E-state index contributed by atoms with van der Waals surface area (Å²) in [6.07, 6.45) is 0. The number of rotatable bonds is 2. The fourth-order valence-electron chi connectivity index (χ4n) is 7.26. The van der Waals surface area contributed by atoms with E-state index in [-0.39, 0.29) is 0 Å². The second-order valence-electron chi connectivity index (χ2n) is 11.5. The van der Waals surface area contributed by atoms with Crippen molar-refractivity contribution in [2.24, 2.45) is 0 Å². The molecule has 10 rings (SSSR count). The summed E-state index contributed by atoms with van der Waals surface area (Å²) in [6, 6.07) is 52.0. The lowest BCUT2D eigenvalue weighted by Gasteiger charge is -2.22. The Morgan fingerprint density at radius 2 is 1.05 bits per heavy atom. The summed E-state index contributed by atoms with van der Waals surface area (Å²) in [5.74, 6) is 2.58. The zero-order valence-corrected chi connectivity index (χ0v) is 23.7. The topological polar surface area (TPSA) is 27.1 Å². The second kappa shape index (κ2) is 8.79. The van der Waals surface area contributed by atoms with Crippen molar-refractivity contribution < 1.29 is 4.74 Å². The van der Waals surface area contributed by atoms with Crippen molar-refractivity contribution in [1.29, 1.82) is 0 Å². The van der Waals surface area contributed by atoms with E-state index in [9.17, 15) is 0 Å². The first kappa shape index (κ1) is 23.6. The van der Waals surface area contributed by atoms with Crippen LogP contribution in [-0.4, -0.2) is 9.55 Å². The van der Waals surface area contributed by atoms with Crippen molar-refractivity contribution in [2.45, 2.75) is 0 Å². The Kier molecular flexibility index (Phi) is 4.72. The van der Waals surface area contributed by atoms with Gasteiger partial charge in [-0.2, -0.15) is 0 Å². The van der Waals surface area contributed by atoms with E-state index >= 15 is 0 Å².